The van der Waals surface area contributed by atoms with E-state index in [4.69, 9.17) is 4.74 Å². The number of morpholine rings is 1. The molecule has 0 bridgehead atoms. The van der Waals surface area contributed by atoms with Gasteiger partial charge in [-0.1, -0.05) is 0 Å². The fourth-order valence-corrected chi connectivity index (χ4v) is 3.26. The number of nitrogens with zero attached hydrogens (tertiary/aromatic N) is 3. The zero-order valence-electron chi connectivity index (χ0n) is 15.9. The number of halogens is 3. The summed E-state index contributed by atoms with van der Waals surface area (Å²) in [5.74, 6) is 0.596. The predicted octanol–water partition coefficient (Wildman–Crippen LogP) is 3.16. The third-order valence-corrected chi connectivity index (χ3v) is 4.82. The Labute approximate surface area is 175 Å². The van der Waals surface area contributed by atoms with Gasteiger partial charge in [-0.2, -0.15) is 18.3 Å². The molecule has 0 unspecified atom stereocenters. The number of carbonyl (C=O) groups excluding carboxylic acids is 1. The number of hydrogen-bond donors (Lipinski definition) is 3. The van der Waals surface area contributed by atoms with Crippen LogP contribution < -0.4 is 20.9 Å². The van der Waals surface area contributed by atoms with Gasteiger partial charge in [-0.25, -0.2) is 4.79 Å². The first-order valence-electron chi connectivity index (χ1n) is 9.19. The van der Waals surface area contributed by atoms with Crippen molar-refractivity contribution in [3.63, 3.8) is 0 Å². The average molecular weight is 442 g/mol. The van der Waals surface area contributed by atoms with E-state index in [1.54, 1.807) is 6.20 Å². The Morgan fingerprint density at radius 3 is 2.60 bits per heavy atom. The Hall–Kier alpha value is -2.73. The van der Waals surface area contributed by atoms with Crippen LogP contribution in [0.3, 0.4) is 0 Å². The number of alkyl halides is 3. The van der Waals surface area contributed by atoms with E-state index in [-0.39, 0.29) is 16.7 Å². The molecule has 1 aromatic carbocycles. The Balaban J connectivity index is 1.38. The summed E-state index contributed by atoms with van der Waals surface area (Å²) in [7, 11) is 0. The van der Waals surface area contributed by atoms with E-state index in [9.17, 15) is 18.0 Å². The molecule has 2 aromatic rings. The summed E-state index contributed by atoms with van der Waals surface area (Å²) >= 11 is -0.204. The monoisotopic (exact) mass is 442 g/mol. The van der Waals surface area contributed by atoms with E-state index in [0.717, 1.165) is 18.8 Å². The van der Waals surface area contributed by atoms with Gasteiger partial charge in [-0.05, 0) is 36.0 Å². The molecule has 2 heterocycles. The molecule has 1 saturated heterocycles. The van der Waals surface area contributed by atoms with Crippen LogP contribution in [0.4, 0.5) is 35.2 Å². The van der Waals surface area contributed by atoms with Gasteiger partial charge in [0.05, 0.1) is 25.1 Å². The molecule has 1 aliphatic rings. The molecule has 1 aromatic heterocycles. The molecule has 0 radical (unpaired) electrons. The van der Waals surface area contributed by atoms with Gasteiger partial charge in [-0.3, -0.25) is 0 Å². The molecule has 162 valence electrons. The fraction of sp³-hybridized carbons (Fsp3) is 0.389. The summed E-state index contributed by atoms with van der Waals surface area (Å²) in [6, 6.07) is 6.86. The summed E-state index contributed by atoms with van der Waals surface area (Å²) in [6.07, 6.45) is 1.70. The van der Waals surface area contributed by atoms with Crippen molar-refractivity contribution in [1.29, 1.82) is 0 Å². The summed E-state index contributed by atoms with van der Waals surface area (Å²) in [4.78, 5) is 14.1. The largest absolute Gasteiger partial charge is 0.446 e. The number of anilines is 3. The van der Waals surface area contributed by atoms with E-state index in [0.29, 0.717) is 37.8 Å². The highest BCUT2D eigenvalue weighted by atomic mass is 32.2. The van der Waals surface area contributed by atoms with Gasteiger partial charge in [-0.15, -0.1) is 5.10 Å². The van der Waals surface area contributed by atoms with Gasteiger partial charge in [0.15, 0.2) is 5.82 Å². The van der Waals surface area contributed by atoms with Gasteiger partial charge in [0.25, 0.3) is 0 Å². The van der Waals surface area contributed by atoms with Crippen LogP contribution in [0.5, 0.6) is 0 Å². The van der Waals surface area contributed by atoms with Gasteiger partial charge >= 0.3 is 11.5 Å². The van der Waals surface area contributed by atoms with Gasteiger partial charge in [0.1, 0.15) is 0 Å². The molecule has 12 heteroatoms. The topological polar surface area (TPSA) is 91.4 Å². The second-order valence-electron chi connectivity index (χ2n) is 6.28. The van der Waals surface area contributed by atoms with E-state index < -0.39 is 11.5 Å². The number of amides is 2. The molecule has 30 heavy (non-hydrogen) atoms. The average Bonchev–Trinajstić information content (AvgIpc) is 2.72. The Kier molecular flexibility index (Phi) is 7.57. The van der Waals surface area contributed by atoms with Crippen LogP contribution in [0.1, 0.15) is 0 Å². The maximum absolute atomic E-state index is 12.3. The number of benzene rings is 1. The Morgan fingerprint density at radius 2 is 1.90 bits per heavy atom. The molecule has 2 amide bonds. The molecular formula is C18H21F3N6O2S. The zero-order valence-corrected chi connectivity index (χ0v) is 16.7. The number of nitrogens with one attached hydrogen (secondary N) is 3. The van der Waals surface area contributed by atoms with Crippen molar-refractivity contribution < 1.29 is 22.7 Å². The lowest BCUT2D eigenvalue weighted by Crippen LogP contribution is -2.36. The molecular weight excluding hydrogens is 421 g/mol. The number of carbonyl (C=O) groups is 1. The maximum Gasteiger partial charge on any atom is 0.446 e. The number of hydrogen-bond acceptors (Lipinski definition) is 7. The minimum atomic E-state index is -4.34. The summed E-state index contributed by atoms with van der Waals surface area (Å²) < 4.78 is 42.3. The minimum Gasteiger partial charge on any atom is -0.378 e. The minimum absolute atomic E-state index is 0.0538. The normalized spacial score (nSPS) is 14.3. The summed E-state index contributed by atoms with van der Waals surface area (Å²) in [6.45, 7) is 3.68. The van der Waals surface area contributed by atoms with Crippen LogP contribution in [-0.2, 0) is 4.74 Å². The number of rotatable bonds is 7. The first kappa shape index (κ1) is 22.0. The lowest BCUT2D eigenvalue weighted by atomic mass is 10.3. The molecule has 1 fully saturated rings. The molecule has 0 saturated carbocycles. The molecule has 0 aliphatic carbocycles. The highest BCUT2D eigenvalue weighted by Gasteiger charge is 2.29. The van der Waals surface area contributed by atoms with Gasteiger partial charge in [0.2, 0.25) is 0 Å². The van der Waals surface area contributed by atoms with E-state index >= 15 is 0 Å². The van der Waals surface area contributed by atoms with Crippen LogP contribution in [0.25, 0.3) is 0 Å². The molecule has 3 rings (SSSR count). The van der Waals surface area contributed by atoms with Crippen LogP contribution in [0, 0.1) is 0 Å². The Bertz CT molecular complexity index is 831. The third-order valence-electron chi connectivity index (χ3n) is 4.08. The molecule has 3 N–H and O–H groups in total. The van der Waals surface area contributed by atoms with Crippen molar-refractivity contribution in [3.05, 3.63) is 36.5 Å². The fourth-order valence-electron chi connectivity index (χ4n) is 2.72. The lowest BCUT2D eigenvalue weighted by Gasteiger charge is -2.28. The third kappa shape index (κ3) is 7.26. The second kappa shape index (κ2) is 10.3. The van der Waals surface area contributed by atoms with Crippen molar-refractivity contribution >= 4 is 35.0 Å². The van der Waals surface area contributed by atoms with Gasteiger partial charge in [0, 0.05) is 42.8 Å². The predicted molar refractivity (Wildman–Crippen MR) is 109 cm³/mol. The summed E-state index contributed by atoms with van der Waals surface area (Å²) in [5.41, 5.74) is -2.99. The zero-order chi connectivity index (χ0) is 21.4. The van der Waals surface area contributed by atoms with Crippen LogP contribution >= 0.6 is 11.8 Å². The van der Waals surface area contributed by atoms with Crippen molar-refractivity contribution in [2.45, 2.75) is 10.4 Å². The first-order chi connectivity index (χ1) is 14.4. The maximum atomic E-state index is 12.3. The van der Waals surface area contributed by atoms with E-state index in [2.05, 4.69) is 31.0 Å². The van der Waals surface area contributed by atoms with Crippen molar-refractivity contribution in [2.75, 3.05) is 54.9 Å². The number of aromatic nitrogens is 2. The second-order valence-corrected chi connectivity index (χ2v) is 7.42. The van der Waals surface area contributed by atoms with Crippen molar-refractivity contribution in [2.24, 2.45) is 0 Å². The van der Waals surface area contributed by atoms with E-state index in [1.165, 1.54) is 24.3 Å². The SMILES string of the molecule is O=C(NCCNc1cc(N2CCOCC2)cnn1)Nc1ccc(SC(F)(F)F)cc1. The van der Waals surface area contributed by atoms with Crippen LogP contribution in [0.2, 0.25) is 0 Å². The first-order valence-corrected chi connectivity index (χ1v) is 10.0. The van der Waals surface area contributed by atoms with Crippen molar-refractivity contribution in [3.8, 4) is 0 Å². The van der Waals surface area contributed by atoms with Gasteiger partial charge < -0.3 is 25.6 Å². The highest BCUT2D eigenvalue weighted by molar-refractivity contribution is 8.00. The summed E-state index contributed by atoms with van der Waals surface area (Å²) in [5, 5.41) is 16.3. The Morgan fingerprint density at radius 1 is 1.17 bits per heavy atom. The molecule has 0 atom stereocenters. The number of thioether (sulfide) groups is 1. The van der Waals surface area contributed by atoms with Crippen molar-refractivity contribution in [1.82, 2.24) is 15.5 Å². The number of ether oxygens (including phenoxy) is 1. The smallest absolute Gasteiger partial charge is 0.378 e. The molecule has 8 nitrogen and oxygen atoms in total. The van der Waals surface area contributed by atoms with E-state index in [1.807, 2.05) is 6.07 Å². The van der Waals surface area contributed by atoms with Crippen LogP contribution in [-0.4, -0.2) is 61.1 Å². The van der Waals surface area contributed by atoms with Crippen LogP contribution in [0.15, 0.2) is 41.4 Å². The quantitative estimate of drug-likeness (QED) is 0.448. The lowest BCUT2D eigenvalue weighted by molar-refractivity contribution is -0.0328. The molecule has 1 aliphatic heterocycles. The number of urea groups is 1. The highest BCUT2D eigenvalue weighted by Crippen LogP contribution is 2.37. The molecule has 0 spiro atoms. The standard InChI is InChI=1S/C18H21F3N6O2S/c19-18(20,21)30-15-3-1-13(2-4-15)25-17(28)23-6-5-22-16-11-14(12-24-26-16)27-7-9-29-10-8-27/h1-4,11-12H,5-10H2,(H,22,26)(H2,23,25,28).